The number of amides is 2. The molecule has 1 aromatic rings. The number of anilines is 1. The van der Waals surface area contributed by atoms with E-state index in [4.69, 9.17) is 4.74 Å². The van der Waals surface area contributed by atoms with Crippen LogP contribution in [0.15, 0.2) is 12.1 Å². The molecule has 0 bridgehead atoms. The van der Waals surface area contributed by atoms with Gasteiger partial charge in [0.05, 0.1) is 17.9 Å². The molecule has 0 heterocycles. The van der Waals surface area contributed by atoms with E-state index in [1.807, 2.05) is 0 Å². The van der Waals surface area contributed by atoms with Crippen molar-refractivity contribution in [3.63, 3.8) is 0 Å². The molecule has 25 heavy (non-hydrogen) atoms. The molecule has 1 aliphatic rings. The van der Waals surface area contributed by atoms with Crippen molar-refractivity contribution < 1.29 is 31.9 Å². The Morgan fingerprint density at radius 1 is 1.28 bits per heavy atom. The smallest absolute Gasteiger partial charge is 0.371 e. The molecule has 1 saturated carbocycles. The first kappa shape index (κ1) is 19.2. The Morgan fingerprint density at radius 3 is 2.56 bits per heavy atom. The molecule has 5 nitrogen and oxygen atoms in total. The minimum absolute atomic E-state index is 0.0707. The van der Waals surface area contributed by atoms with Gasteiger partial charge >= 0.3 is 6.18 Å². The average Bonchev–Trinajstić information content (AvgIpc) is 3.31. The van der Waals surface area contributed by atoms with Gasteiger partial charge in [-0.15, -0.1) is 0 Å². The van der Waals surface area contributed by atoms with Crippen molar-refractivity contribution in [1.82, 2.24) is 5.32 Å². The third-order valence-electron chi connectivity index (χ3n) is 3.55. The standard InChI is InChI=1S/C16H18F4N2O3/c1-9-4-13(22-14(23)7-25-6-10-2-3-10)11(5-12(9)17)15(24)21-8-16(18,19)20/h4-5,10H,2-3,6-8H2,1H3,(H,21,24)(H,22,23). The number of nitrogens with one attached hydrogen (secondary N) is 2. The van der Waals surface area contributed by atoms with Crippen LogP contribution < -0.4 is 10.6 Å². The molecular weight excluding hydrogens is 344 g/mol. The van der Waals surface area contributed by atoms with Crippen molar-refractivity contribution in [2.24, 2.45) is 5.92 Å². The molecule has 0 saturated heterocycles. The Bertz CT molecular complexity index is 658. The van der Waals surface area contributed by atoms with Crippen LogP contribution in [0.3, 0.4) is 0 Å². The van der Waals surface area contributed by atoms with Crippen LogP contribution in [0.5, 0.6) is 0 Å². The summed E-state index contributed by atoms with van der Waals surface area (Å²) in [5, 5.41) is 4.03. The lowest BCUT2D eigenvalue weighted by atomic mass is 10.1. The number of rotatable bonds is 7. The van der Waals surface area contributed by atoms with E-state index in [0.717, 1.165) is 18.9 Å². The number of carbonyl (C=O) groups is 2. The zero-order valence-corrected chi connectivity index (χ0v) is 13.5. The highest BCUT2D eigenvalue weighted by Crippen LogP contribution is 2.28. The second-order valence-electron chi connectivity index (χ2n) is 5.95. The monoisotopic (exact) mass is 362 g/mol. The van der Waals surface area contributed by atoms with E-state index < -0.39 is 30.4 Å². The van der Waals surface area contributed by atoms with Crippen molar-refractivity contribution in [3.8, 4) is 0 Å². The maximum absolute atomic E-state index is 13.7. The summed E-state index contributed by atoms with van der Waals surface area (Å²) >= 11 is 0. The summed E-state index contributed by atoms with van der Waals surface area (Å²) in [6.07, 6.45) is -2.48. The molecular formula is C16H18F4N2O3. The molecule has 1 aliphatic carbocycles. The van der Waals surface area contributed by atoms with Gasteiger partial charge in [-0.3, -0.25) is 9.59 Å². The van der Waals surface area contributed by atoms with Crippen LogP contribution in [0, 0.1) is 18.7 Å². The minimum Gasteiger partial charge on any atom is -0.371 e. The van der Waals surface area contributed by atoms with Gasteiger partial charge < -0.3 is 15.4 Å². The fourth-order valence-electron chi connectivity index (χ4n) is 2.04. The van der Waals surface area contributed by atoms with Crippen LogP contribution in [-0.2, 0) is 9.53 Å². The molecule has 138 valence electrons. The number of ether oxygens (including phenoxy) is 1. The molecule has 1 fully saturated rings. The van der Waals surface area contributed by atoms with Crippen LogP contribution >= 0.6 is 0 Å². The van der Waals surface area contributed by atoms with E-state index in [9.17, 15) is 27.2 Å². The lowest BCUT2D eigenvalue weighted by molar-refractivity contribution is -0.123. The van der Waals surface area contributed by atoms with Crippen molar-refractivity contribution in [2.75, 3.05) is 25.1 Å². The quantitative estimate of drug-likeness (QED) is 0.733. The van der Waals surface area contributed by atoms with E-state index in [1.165, 1.54) is 13.0 Å². The predicted octanol–water partition coefficient (Wildman–Crippen LogP) is 2.79. The predicted molar refractivity (Wildman–Crippen MR) is 81.7 cm³/mol. The Balaban J connectivity index is 2.05. The zero-order chi connectivity index (χ0) is 18.6. The summed E-state index contributed by atoms with van der Waals surface area (Å²) in [4.78, 5) is 23.8. The van der Waals surface area contributed by atoms with Crippen LogP contribution in [-0.4, -0.2) is 37.7 Å². The lowest BCUT2D eigenvalue weighted by Crippen LogP contribution is -2.34. The second kappa shape index (κ2) is 7.81. The van der Waals surface area contributed by atoms with Gasteiger partial charge in [0.2, 0.25) is 5.91 Å². The molecule has 2 rings (SSSR count). The first-order chi connectivity index (χ1) is 11.7. The van der Waals surface area contributed by atoms with Crippen LogP contribution in [0.2, 0.25) is 0 Å². The SMILES string of the molecule is Cc1cc(NC(=O)COCC2CC2)c(C(=O)NCC(F)(F)F)cc1F. The maximum atomic E-state index is 13.7. The summed E-state index contributed by atoms with van der Waals surface area (Å²) in [5.74, 6) is -2.01. The number of hydrogen-bond acceptors (Lipinski definition) is 3. The molecule has 0 radical (unpaired) electrons. The minimum atomic E-state index is -4.60. The van der Waals surface area contributed by atoms with E-state index in [-0.39, 0.29) is 23.4 Å². The molecule has 2 amide bonds. The van der Waals surface area contributed by atoms with Crippen LogP contribution in [0.1, 0.15) is 28.8 Å². The number of alkyl halides is 3. The highest BCUT2D eigenvalue weighted by molar-refractivity contribution is 6.04. The molecule has 0 aliphatic heterocycles. The Hall–Kier alpha value is -2.16. The van der Waals surface area contributed by atoms with E-state index in [2.05, 4.69) is 5.32 Å². The number of carbonyl (C=O) groups excluding carboxylic acids is 2. The fraction of sp³-hybridized carbons (Fsp3) is 0.500. The Morgan fingerprint density at radius 2 is 1.96 bits per heavy atom. The Kier molecular flexibility index (Phi) is 5.99. The van der Waals surface area contributed by atoms with E-state index >= 15 is 0 Å². The van der Waals surface area contributed by atoms with Gasteiger partial charge in [0.1, 0.15) is 19.0 Å². The first-order valence-corrected chi connectivity index (χ1v) is 7.68. The van der Waals surface area contributed by atoms with Crippen molar-refractivity contribution >= 4 is 17.5 Å². The van der Waals surface area contributed by atoms with Gasteiger partial charge in [-0.2, -0.15) is 13.2 Å². The molecule has 0 aromatic heterocycles. The van der Waals surface area contributed by atoms with E-state index in [1.54, 1.807) is 5.32 Å². The summed E-state index contributed by atoms with van der Waals surface area (Å²) in [5.41, 5.74) is -0.317. The topological polar surface area (TPSA) is 67.4 Å². The van der Waals surface area contributed by atoms with Gasteiger partial charge in [0.25, 0.3) is 5.91 Å². The second-order valence-corrected chi connectivity index (χ2v) is 5.95. The molecule has 0 spiro atoms. The molecule has 2 N–H and O–H groups in total. The lowest BCUT2D eigenvalue weighted by Gasteiger charge is -2.14. The van der Waals surface area contributed by atoms with Gasteiger partial charge in [-0.1, -0.05) is 0 Å². The number of aryl methyl sites for hydroxylation is 1. The largest absolute Gasteiger partial charge is 0.405 e. The Labute approximate surface area is 141 Å². The first-order valence-electron chi connectivity index (χ1n) is 7.68. The number of hydrogen-bond donors (Lipinski definition) is 2. The molecule has 9 heteroatoms. The van der Waals surface area contributed by atoms with Gasteiger partial charge in [-0.05, 0) is 43.4 Å². The molecule has 0 atom stereocenters. The molecule has 1 aromatic carbocycles. The normalized spacial score (nSPS) is 14.3. The number of halogens is 4. The summed E-state index contributed by atoms with van der Waals surface area (Å²) < 4.78 is 55.6. The van der Waals surface area contributed by atoms with Crippen LogP contribution in [0.25, 0.3) is 0 Å². The third-order valence-corrected chi connectivity index (χ3v) is 3.55. The highest BCUT2D eigenvalue weighted by atomic mass is 19.4. The number of benzene rings is 1. The average molecular weight is 362 g/mol. The summed E-state index contributed by atoms with van der Waals surface area (Å²) in [7, 11) is 0. The fourth-order valence-corrected chi connectivity index (χ4v) is 2.04. The van der Waals surface area contributed by atoms with Crippen molar-refractivity contribution in [3.05, 3.63) is 29.1 Å². The highest BCUT2D eigenvalue weighted by Gasteiger charge is 2.29. The maximum Gasteiger partial charge on any atom is 0.405 e. The molecule has 0 unspecified atom stereocenters. The van der Waals surface area contributed by atoms with Crippen molar-refractivity contribution in [1.29, 1.82) is 0 Å². The summed E-state index contributed by atoms with van der Waals surface area (Å²) in [6.45, 7) is 0.0521. The van der Waals surface area contributed by atoms with Gasteiger partial charge in [-0.25, -0.2) is 4.39 Å². The van der Waals surface area contributed by atoms with Gasteiger partial charge in [0, 0.05) is 0 Å². The van der Waals surface area contributed by atoms with E-state index in [0.29, 0.717) is 12.5 Å². The third kappa shape index (κ3) is 6.33. The van der Waals surface area contributed by atoms with Gasteiger partial charge in [0.15, 0.2) is 0 Å². The van der Waals surface area contributed by atoms with Crippen LogP contribution in [0.4, 0.5) is 23.2 Å². The summed E-state index contributed by atoms with van der Waals surface area (Å²) in [6, 6.07) is 1.98. The zero-order valence-electron chi connectivity index (χ0n) is 13.5. The van der Waals surface area contributed by atoms with Crippen molar-refractivity contribution in [2.45, 2.75) is 25.9 Å².